The van der Waals surface area contributed by atoms with E-state index in [2.05, 4.69) is 14.9 Å². The third-order valence-electron chi connectivity index (χ3n) is 2.97. The fourth-order valence-corrected chi connectivity index (χ4v) is 2.21. The molecule has 1 aromatic carbocycles. The lowest BCUT2D eigenvalue weighted by Crippen LogP contribution is -2.17. The van der Waals surface area contributed by atoms with Gasteiger partial charge in [-0.05, 0) is 38.1 Å². The number of imidazole rings is 1. The molecule has 0 aliphatic rings. The molecule has 124 valence electrons. The SMILES string of the molecule is CCOc1ccc(Cl)cc1CNCCCn1ccnc1.Cl.Cl. The molecule has 22 heavy (non-hydrogen) atoms. The summed E-state index contributed by atoms with van der Waals surface area (Å²) in [6.07, 6.45) is 6.67. The first-order chi connectivity index (χ1) is 9.79. The van der Waals surface area contributed by atoms with Gasteiger partial charge >= 0.3 is 0 Å². The second-order valence-electron chi connectivity index (χ2n) is 4.52. The first kappa shape index (κ1) is 21.1. The van der Waals surface area contributed by atoms with E-state index in [-0.39, 0.29) is 24.8 Å². The molecule has 2 rings (SSSR count). The Kier molecular flexibility index (Phi) is 11.1. The van der Waals surface area contributed by atoms with E-state index < -0.39 is 0 Å². The van der Waals surface area contributed by atoms with Gasteiger partial charge in [0.15, 0.2) is 0 Å². The van der Waals surface area contributed by atoms with Crippen molar-refractivity contribution in [3.05, 3.63) is 47.5 Å². The quantitative estimate of drug-likeness (QED) is 0.719. The van der Waals surface area contributed by atoms with E-state index in [0.29, 0.717) is 6.61 Å². The van der Waals surface area contributed by atoms with Crippen LogP contribution in [0.5, 0.6) is 5.75 Å². The zero-order valence-corrected chi connectivity index (χ0v) is 14.9. The van der Waals surface area contributed by atoms with Crippen molar-refractivity contribution in [2.45, 2.75) is 26.4 Å². The van der Waals surface area contributed by atoms with Crippen LogP contribution < -0.4 is 10.1 Å². The van der Waals surface area contributed by atoms with E-state index >= 15 is 0 Å². The zero-order valence-electron chi connectivity index (χ0n) is 12.5. The highest BCUT2D eigenvalue weighted by atomic mass is 35.5. The molecule has 0 aliphatic heterocycles. The lowest BCUT2D eigenvalue weighted by Gasteiger charge is -2.11. The van der Waals surface area contributed by atoms with Crippen LogP contribution in [-0.2, 0) is 13.1 Å². The molecule has 0 bridgehead atoms. The van der Waals surface area contributed by atoms with Crippen LogP contribution in [0, 0.1) is 0 Å². The van der Waals surface area contributed by atoms with Gasteiger partial charge in [0.05, 0.1) is 12.9 Å². The molecule has 0 unspecified atom stereocenters. The number of benzene rings is 1. The van der Waals surface area contributed by atoms with Crippen LogP contribution in [0.4, 0.5) is 0 Å². The Morgan fingerprint density at radius 1 is 1.32 bits per heavy atom. The largest absolute Gasteiger partial charge is 0.494 e. The molecule has 0 amide bonds. The minimum absolute atomic E-state index is 0. The fraction of sp³-hybridized carbons (Fsp3) is 0.400. The van der Waals surface area contributed by atoms with Crippen LogP contribution in [0.1, 0.15) is 18.9 Å². The van der Waals surface area contributed by atoms with Crippen molar-refractivity contribution in [1.29, 1.82) is 0 Å². The first-order valence-corrected chi connectivity index (χ1v) is 7.25. The van der Waals surface area contributed by atoms with Gasteiger partial charge in [-0.15, -0.1) is 24.8 Å². The predicted molar refractivity (Wildman–Crippen MR) is 95.7 cm³/mol. The molecule has 0 fully saturated rings. The minimum atomic E-state index is 0. The Morgan fingerprint density at radius 2 is 2.14 bits per heavy atom. The summed E-state index contributed by atoms with van der Waals surface area (Å²) in [5, 5.41) is 4.16. The standard InChI is InChI=1S/C15H20ClN3O.2ClH/c1-2-20-15-5-4-14(16)10-13(15)11-17-6-3-8-19-9-7-18-12-19;;/h4-5,7,9-10,12,17H,2-3,6,8,11H2,1H3;2*1H. The minimum Gasteiger partial charge on any atom is -0.494 e. The number of nitrogens with zero attached hydrogens (tertiary/aromatic N) is 2. The Balaban J connectivity index is 0.00000220. The van der Waals surface area contributed by atoms with Gasteiger partial charge in [-0.1, -0.05) is 11.6 Å². The second-order valence-corrected chi connectivity index (χ2v) is 4.95. The molecule has 0 radical (unpaired) electrons. The van der Waals surface area contributed by atoms with Crippen LogP contribution in [-0.4, -0.2) is 22.7 Å². The zero-order chi connectivity index (χ0) is 14.2. The van der Waals surface area contributed by atoms with Gasteiger partial charge in [-0.3, -0.25) is 0 Å². The Bertz CT molecular complexity index is 521. The van der Waals surface area contributed by atoms with Gasteiger partial charge in [-0.25, -0.2) is 4.98 Å². The maximum Gasteiger partial charge on any atom is 0.123 e. The Morgan fingerprint density at radius 3 is 2.82 bits per heavy atom. The van der Waals surface area contributed by atoms with Crippen LogP contribution in [0.3, 0.4) is 0 Å². The number of hydrogen-bond donors (Lipinski definition) is 1. The molecule has 7 heteroatoms. The molecular formula is C15H22Cl3N3O. The van der Waals surface area contributed by atoms with Gasteiger partial charge < -0.3 is 14.6 Å². The number of aromatic nitrogens is 2. The van der Waals surface area contributed by atoms with E-state index in [4.69, 9.17) is 16.3 Å². The molecule has 1 N–H and O–H groups in total. The second kappa shape index (κ2) is 11.6. The third kappa shape index (κ3) is 6.88. The monoisotopic (exact) mass is 365 g/mol. The molecule has 2 aromatic rings. The maximum atomic E-state index is 6.03. The lowest BCUT2D eigenvalue weighted by molar-refractivity contribution is 0.335. The van der Waals surface area contributed by atoms with Gasteiger partial charge in [0, 0.05) is 36.1 Å². The summed E-state index contributed by atoms with van der Waals surface area (Å²) in [7, 11) is 0. The van der Waals surface area contributed by atoms with E-state index in [1.54, 1.807) is 6.20 Å². The summed E-state index contributed by atoms with van der Waals surface area (Å²) in [6.45, 7) is 5.32. The van der Waals surface area contributed by atoms with Gasteiger partial charge in [0.25, 0.3) is 0 Å². The summed E-state index contributed by atoms with van der Waals surface area (Å²) < 4.78 is 7.67. The normalized spacial score (nSPS) is 9.73. The molecule has 0 saturated heterocycles. The number of halogens is 3. The summed E-state index contributed by atoms with van der Waals surface area (Å²) in [4.78, 5) is 4.02. The number of aryl methyl sites for hydroxylation is 1. The third-order valence-corrected chi connectivity index (χ3v) is 3.20. The maximum absolute atomic E-state index is 6.03. The summed E-state index contributed by atoms with van der Waals surface area (Å²) >= 11 is 6.03. The number of nitrogens with one attached hydrogen (secondary N) is 1. The topological polar surface area (TPSA) is 39.1 Å². The highest BCUT2D eigenvalue weighted by Gasteiger charge is 2.04. The van der Waals surface area contributed by atoms with Crippen molar-refractivity contribution in [2.24, 2.45) is 0 Å². The van der Waals surface area contributed by atoms with Gasteiger partial charge in [0.2, 0.25) is 0 Å². The smallest absolute Gasteiger partial charge is 0.123 e. The van der Waals surface area contributed by atoms with Gasteiger partial charge in [0.1, 0.15) is 5.75 Å². The first-order valence-electron chi connectivity index (χ1n) is 6.87. The number of rotatable bonds is 8. The van der Waals surface area contributed by atoms with Crippen LogP contribution in [0.15, 0.2) is 36.9 Å². The summed E-state index contributed by atoms with van der Waals surface area (Å²) in [5.41, 5.74) is 1.10. The van der Waals surface area contributed by atoms with Gasteiger partial charge in [-0.2, -0.15) is 0 Å². The van der Waals surface area contributed by atoms with Crippen LogP contribution in [0.2, 0.25) is 5.02 Å². The number of ether oxygens (including phenoxy) is 1. The van der Waals surface area contributed by atoms with E-state index in [1.807, 2.05) is 37.6 Å². The molecule has 1 heterocycles. The molecule has 0 saturated carbocycles. The van der Waals surface area contributed by atoms with E-state index in [0.717, 1.165) is 42.4 Å². The van der Waals surface area contributed by atoms with Crippen LogP contribution in [0.25, 0.3) is 0 Å². The van der Waals surface area contributed by atoms with E-state index in [9.17, 15) is 0 Å². The fourth-order valence-electron chi connectivity index (χ4n) is 2.01. The van der Waals surface area contributed by atoms with Crippen molar-refractivity contribution >= 4 is 36.4 Å². The Labute approximate surface area is 149 Å². The molecule has 1 aromatic heterocycles. The molecule has 0 atom stereocenters. The van der Waals surface area contributed by atoms with Crippen molar-refractivity contribution < 1.29 is 4.74 Å². The summed E-state index contributed by atoms with van der Waals surface area (Å²) in [6, 6.07) is 5.73. The van der Waals surface area contributed by atoms with Crippen molar-refractivity contribution in [3.63, 3.8) is 0 Å². The lowest BCUT2D eigenvalue weighted by atomic mass is 10.2. The molecular weight excluding hydrogens is 345 g/mol. The molecule has 0 spiro atoms. The molecule has 0 aliphatic carbocycles. The highest BCUT2D eigenvalue weighted by molar-refractivity contribution is 6.30. The van der Waals surface area contributed by atoms with Crippen molar-refractivity contribution in [3.8, 4) is 5.75 Å². The average Bonchev–Trinajstić information content (AvgIpc) is 2.94. The van der Waals surface area contributed by atoms with E-state index in [1.165, 1.54) is 0 Å². The number of hydrogen-bond acceptors (Lipinski definition) is 3. The van der Waals surface area contributed by atoms with Crippen molar-refractivity contribution in [2.75, 3.05) is 13.2 Å². The average molecular weight is 367 g/mol. The predicted octanol–water partition coefficient (Wildman–Crippen LogP) is 3.96. The molecule has 4 nitrogen and oxygen atoms in total. The summed E-state index contributed by atoms with van der Waals surface area (Å²) in [5.74, 6) is 0.902. The van der Waals surface area contributed by atoms with Crippen LogP contribution >= 0.6 is 36.4 Å². The van der Waals surface area contributed by atoms with Crippen molar-refractivity contribution in [1.82, 2.24) is 14.9 Å². The highest BCUT2D eigenvalue weighted by Crippen LogP contribution is 2.22. The Hall–Kier alpha value is -0.940.